The van der Waals surface area contributed by atoms with E-state index >= 15 is 0 Å². The maximum absolute atomic E-state index is 12.2. The average Bonchev–Trinajstić information content (AvgIpc) is 2.79. The highest BCUT2D eigenvalue weighted by Crippen LogP contribution is 2.29. The predicted molar refractivity (Wildman–Crippen MR) is 129 cm³/mol. The van der Waals surface area contributed by atoms with E-state index in [1.54, 1.807) is 13.8 Å². The molecule has 0 atom stereocenters. The van der Waals surface area contributed by atoms with E-state index < -0.39 is 11.9 Å². The number of hydrazone groups is 2. The van der Waals surface area contributed by atoms with Crippen LogP contribution in [0.3, 0.4) is 0 Å². The molecule has 32 heavy (non-hydrogen) atoms. The molecule has 0 saturated carbocycles. The number of esters is 2. The van der Waals surface area contributed by atoms with Gasteiger partial charge in [0.05, 0.1) is 24.6 Å². The van der Waals surface area contributed by atoms with Crippen LogP contribution in [0.5, 0.6) is 0 Å². The highest BCUT2D eigenvalue weighted by atomic mass is 16.5. The summed E-state index contributed by atoms with van der Waals surface area (Å²) in [6.07, 6.45) is 2.49. The van der Waals surface area contributed by atoms with Crippen molar-refractivity contribution >= 4 is 45.5 Å². The van der Waals surface area contributed by atoms with Gasteiger partial charge in [-0.1, -0.05) is 51.0 Å². The number of ether oxygens (including phenoxy) is 2. The molecule has 0 aromatic heterocycles. The molecule has 2 N–H and O–H groups in total. The Morgan fingerprint density at radius 1 is 0.750 bits per heavy atom. The number of carbonyl (C=O) groups excluding carboxylic acids is 2. The van der Waals surface area contributed by atoms with Crippen LogP contribution in [0.1, 0.15) is 53.4 Å². The molecule has 0 fully saturated rings. The smallest absolute Gasteiger partial charge is 0.354 e. The summed E-state index contributed by atoms with van der Waals surface area (Å²) in [5, 5.41) is 10.6. The fourth-order valence-corrected chi connectivity index (χ4v) is 2.99. The monoisotopic (exact) mass is 440 g/mol. The molecule has 172 valence electrons. The van der Waals surface area contributed by atoms with Gasteiger partial charge in [-0.05, 0) is 49.6 Å². The Labute approximate surface area is 189 Å². The lowest BCUT2D eigenvalue weighted by atomic mass is 10.1. The van der Waals surface area contributed by atoms with Crippen LogP contribution >= 0.6 is 0 Å². The summed E-state index contributed by atoms with van der Waals surface area (Å²) in [6, 6.07) is 11.7. The lowest BCUT2D eigenvalue weighted by molar-refractivity contribution is -0.136. The zero-order valence-electron chi connectivity index (χ0n) is 19.2. The van der Waals surface area contributed by atoms with Crippen molar-refractivity contribution in [2.24, 2.45) is 10.2 Å². The first kappa shape index (κ1) is 24.8. The van der Waals surface area contributed by atoms with E-state index in [4.69, 9.17) is 9.47 Å². The molecule has 2 rings (SSSR count). The van der Waals surface area contributed by atoms with Gasteiger partial charge >= 0.3 is 11.9 Å². The summed E-state index contributed by atoms with van der Waals surface area (Å²) in [7, 11) is 0. The molecule has 8 nitrogen and oxygen atoms in total. The number of fused-ring (bicyclic) bond motifs is 1. The van der Waals surface area contributed by atoms with Crippen molar-refractivity contribution in [2.45, 2.75) is 53.4 Å². The van der Waals surface area contributed by atoms with Crippen molar-refractivity contribution in [1.29, 1.82) is 0 Å². The van der Waals surface area contributed by atoms with E-state index in [9.17, 15) is 9.59 Å². The molecule has 8 heteroatoms. The molecular formula is C24H32N4O4. The van der Waals surface area contributed by atoms with Gasteiger partial charge < -0.3 is 9.47 Å². The van der Waals surface area contributed by atoms with Gasteiger partial charge in [-0.15, -0.1) is 0 Å². The lowest BCUT2D eigenvalue weighted by Crippen LogP contribution is -2.19. The lowest BCUT2D eigenvalue weighted by Gasteiger charge is -2.13. The van der Waals surface area contributed by atoms with Gasteiger partial charge in [0.2, 0.25) is 0 Å². The van der Waals surface area contributed by atoms with Crippen LogP contribution in [-0.4, -0.2) is 36.6 Å². The Kier molecular flexibility index (Phi) is 10.2. The zero-order chi connectivity index (χ0) is 23.3. The van der Waals surface area contributed by atoms with Crippen molar-refractivity contribution in [3.05, 3.63) is 36.4 Å². The minimum atomic E-state index is -0.442. The van der Waals surface area contributed by atoms with Crippen LogP contribution in [0.4, 0.5) is 11.4 Å². The van der Waals surface area contributed by atoms with Crippen LogP contribution in [0.2, 0.25) is 0 Å². The summed E-state index contributed by atoms with van der Waals surface area (Å²) in [4.78, 5) is 24.4. The quantitative estimate of drug-likeness (QED) is 0.270. The fraction of sp³-hybridized carbons (Fsp3) is 0.417. The first-order chi connectivity index (χ1) is 15.5. The van der Waals surface area contributed by atoms with Crippen LogP contribution in [-0.2, 0) is 19.1 Å². The second-order valence-electron chi connectivity index (χ2n) is 7.03. The number of rotatable bonds is 12. The van der Waals surface area contributed by atoms with Crippen molar-refractivity contribution in [2.75, 3.05) is 24.1 Å². The first-order valence-corrected chi connectivity index (χ1v) is 11.1. The van der Waals surface area contributed by atoms with Gasteiger partial charge in [0.1, 0.15) is 11.4 Å². The van der Waals surface area contributed by atoms with E-state index in [2.05, 4.69) is 21.1 Å². The molecule has 0 radical (unpaired) electrons. The standard InChI is InChI=1S/C24H32N4O4/c1-5-11-19(23(29)31-7-3)25-27-21-15-17-13-9-10-14-18(17)16-22(21)28-26-20(12-6-2)24(30)32-8-4/h9-10,13-16,27-28H,5-8,11-12H2,1-4H3/b25-19-,26-20+. The summed E-state index contributed by atoms with van der Waals surface area (Å²) in [5.41, 5.74) is 7.82. The highest BCUT2D eigenvalue weighted by Gasteiger charge is 2.14. The topological polar surface area (TPSA) is 101 Å². The first-order valence-electron chi connectivity index (χ1n) is 11.1. The normalized spacial score (nSPS) is 11.9. The number of benzene rings is 2. The fourth-order valence-electron chi connectivity index (χ4n) is 2.99. The van der Waals surface area contributed by atoms with Gasteiger partial charge in [0.15, 0.2) is 0 Å². The number of hydrogen-bond acceptors (Lipinski definition) is 8. The summed E-state index contributed by atoms with van der Waals surface area (Å²) in [5.74, 6) is -0.884. The van der Waals surface area contributed by atoms with Crippen LogP contribution < -0.4 is 10.9 Å². The number of hydrogen-bond donors (Lipinski definition) is 2. The van der Waals surface area contributed by atoms with Gasteiger partial charge in [0, 0.05) is 0 Å². The number of nitrogens with one attached hydrogen (secondary N) is 2. The molecule has 0 aliphatic rings. The predicted octanol–water partition coefficient (Wildman–Crippen LogP) is 5.10. The molecule has 0 spiro atoms. The maximum atomic E-state index is 12.2. The third-order valence-electron chi connectivity index (χ3n) is 4.50. The minimum absolute atomic E-state index is 0.285. The molecule has 2 aromatic carbocycles. The van der Waals surface area contributed by atoms with Crippen molar-refractivity contribution in [1.82, 2.24) is 0 Å². The minimum Gasteiger partial charge on any atom is -0.461 e. The molecule has 0 unspecified atom stereocenters. The highest BCUT2D eigenvalue weighted by molar-refractivity contribution is 6.37. The Morgan fingerprint density at radius 2 is 1.16 bits per heavy atom. The number of carbonyl (C=O) groups is 2. The average molecular weight is 441 g/mol. The Balaban J connectivity index is 2.41. The summed E-state index contributed by atoms with van der Waals surface area (Å²) >= 11 is 0. The maximum Gasteiger partial charge on any atom is 0.354 e. The molecule has 0 amide bonds. The molecular weight excluding hydrogens is 408 g/mol. The molecule has 0 aliphatic carbocycles. The summed E-state index contributed by atoms with van der Waals surface area (Å²) < 4.78 is 10.2. The molecule has 0 saturated heterocycles. The third-order valence-corrected chi connectivity index (χ3v) is 4.50. The van der Waals surface area contributed by atoms with E-state index in [0.717, 1.165) is 23.6 Å². The van der Waals surface area contributed by atoms with E-state index in [-0.39, 0.29) is 13.2 Å². The SMILES string of the molecule is CCC/C(=N/Nc1cc2ccccc2cc1N/N=C(\CCC)C(=O)OCC)C(=O)OCC. The van der Waals surface area contributed by atoms with Gasteiger partial charge in [-0.25, -0.2) is 9.59 Å². The van der Waals surface area contributed by atoms with Crippen molar-refractivity contribution < 1.29 is 19.1 Å². The molecule has 2 aromatic rings. The number of nitrogens with zero attached hydrogens (tertiary/aromatic N) is 2. The molecule has 0 bridgehead atoms. The van der Waals surface area contributed by atoms with Crippen molar-refractivity contribution in [3.63, 3.8) is 0 Å². The van der Waals surface area contributed by atoms with Crippen LogP contribution in [0.25, 0.3) is 10.8 Å². The Hall–Kier alpha value is -3.42. The number of anilines is 2. The Morgan fingerprint density at radius 3 is 1.50 bits per heavy atom. The van der Waals surface area contributed by atoms with Gasteiger partial charge in [-0.2, -0.15) is 10.2 Å². The largest absolute Gasteiger partial charge is 0.461 e. The second-order valence-corrected chi connectivity index (χ2v) is 7.03. The van der Waals surface area contributed by atoms with Gasteiger partial charge in [-0.3, -0.25) is 10.9 Å². The van der Waals surface area contributed by atoms with E-state index in [1.165, 1.54) is 0 Å². The van der Waals surface area contributed by atoms with Gasteiger partial charge in [0.25, 0.3) is 0 Å². The second kappa shape index (κ2) is 13.1. The third kappa shape index (κ3) is 7.08. The molecule has 0 heterocycles. The van der Waals surface area contributed by atoms with E-state index in [1.807, 2.05) is 50.2 Å². The zero-order valence-corrected chi connectivity index (χ0v) is 19.2. The van der Waals surface area contributed by atoms with Crippen molar-refractivity contribution in [3.8, 4) is 0 Å². The molecule has 0 aliphatic heterocycles. The Bertz CT molecular complexity index is 907. The van der Waals surface area contributed by atoms with Crippen LogP contribution in [0, 0.1) is 0 Å². The summed E-state index contributed by atoms with van der Waals surface area (Å²) in [6.45, 7) is 8.03. The van der Waals surface area contributed by atoms with E-state index in [0.29, 0.717) is 35.6 Å². The van der Waals surface area contributed by atoms with Crippen LogP contribution in [0.15, 0.2) is 46.6 Å².